The fraction of sp³-hybridized carbons (Fsp3) is 0.938. The van der Waals surface area contributed by atoms with Crippen LogP contribution in [0.3, 0.4) is 0 Å². The molecule has 0 spiro atoms. The molecule has 19 heteroatoms. The number of phosphoric ester groups is 2. The van der Waals surface area contributed by atoms with Gasteiger partial charge in [0.25, 0.3) is 0 Å². The molecule has 0 radical (unpaired) electrons. The summed E-state index contributed by atoms with van der Waals surface area (Å²) in [7, 11) is -9.89. The molecule has 0 aliphatic rings. The number of carbonyl (C=O) groups is 4. The molecular weight excluding hydrogens is 1100 g/mol. The molecule has 83 heavy (non-hydrogen) atoms. The van der Waals surface area contributed by atoms with Gasteiger partial charge in [-0.15, -0.1) is 0 Å². The van der Waals surface area contributed by atoms with E-state index >= 15 is 0 Å². The molecule has 0 aromatic rings. The maximum atomic E-state index is 13.0. The van der Waals surface area contributed by atoms with Crippen LogP contribution in [0.5, 0.6) is 0 Å². The highest BCUT2D eigenvalue weighted by molar-refractivity contribution is 7.47. The van der Waals surface area contributed by atoms with Crippen LogP contribution in [-0.2, 0) is 65.4 Å². The van der Waals surface area contributed by atoms with Crippen molar-refractivity contribution in [1.29, 1.82) is 0 Å². The number of aliphatic hydroxyl groups is 1. The number of esters is 4. The monoisotopic (exact) mass is 1230 g/mol. The van der Waals surface area contributed by atoms with Crippen molar-refractivity contribution in [2.75, 3.05) is 39.6 Å². The van der Waals surface area contributed by atoms with Crippen molar-refractivity contribution in [2.24, 2.45) is 17.8 Å². The summed E-state index contributed by atoms with van der Waals surface area (Å²) < 4.78 is 67.9. The van der Waals surface area contributed by atoms with Crippen molar-refractivity contribution in [3.05, 3.63) is 0 Å². The SMILES string of the molecule is CCCCCCCCCCCC(=O)OC[C@H](COP(=O)(O)OC[C@H](O)COP(=O)(O)OC[C@@H](COC(=O)CCCCCCCCCCC(C)C)OC(=O)CCCCCCCCCCCCC(C)CC)OC(=O)CCCCCCCCC(C)C. The largest absolute Gasteiger partial charge is 0.472 e. The molecule has 0 aliphatic heterocycles. The molecule has 0 saturated heterocycles. The lowest BCUT2D eigenvalue weighted by Gasteiger charge is -2.21. The van der Waals surface area contributed by atoms with Crippen LogP contribution >= 0.6 is 15.6 Å². The van der Waals surface area contributed by atoms with Gasteiger partial charge < -0.3 is 33.8 Å². The topological polar surface area (TPSA) is 237 Å². The van der Waals surface area contributed by atoms with Crippen LogP contribution in [0, 0.1) is 17.8 Å². The molecule has 6 atom stereocenters. The standard InChI is InChI=1S/C64H124O17P2/c1-8-10-11-12-13-16-23-31-38-45-61(66)74-52-60(81-64(69)48-41-34-27-26-29-36-43-56(5)6)54-79-83(72,73)77-50-58(65)49-76-82(70,71)78-53-59(51-75-62(67)46-39-32-24-20-19-21-28-35-42-55(3)4)80-63(68)47-40-33-25-18-15-14-17-22-30-37-44-57(7)9-2/h55-60,65H,8-54H2,1-7H3,(H,70,71)(H,72,73)/t57?,58-,59-,60-/m1/s1. The third kappa shape index (κ3) is 57.6. The Kier molecular flexibility index (Phi) is 54.1. The highest BCUT2D eigenvalue weighted by Gasteiger charge is 2.30. The van der Waals surface area contributed by atoms with Crippen molar-refractivity contribution in [3.8, 4) is 0 Å². The summed E-state index contributed by atoms with van der Waals surface area (Å²) in [6, 6.07) is 0. The highest BCUT2D eigenvalue weighted by atomic mass is 31.2. The Hall–Kier alpha value is -1.94. The second-order valence-electron chi connectivity index (χ2n) is 24.3. The maximum absolute atomic E-state index is 13.0. The van der Waals surface area contributed by atoms with Crippen molar-refractivity contribution in [1.82, 2.24) is 0 Å². The molecule has 0 aliphatic carbocycles. The second kappa shape index (κ2) is 55.4. The average molecular weight is 1230 g/mol. The Labute approximate surface area is 505 Å². The number of phosphoric acid groups is 2. The lowest BCUT2D eigenvalue weighted by molar-refractivity contribution is -0.161. The van der Waals surface area contributed by atoms with E-state index in [0.29, 0.717) is 31.6 Å². The fourth-order valence-electron chi connectivity index (χ4n) is 9.45. The normalized spacial score (nSPS) is 14.7. The van der Waals surface area contributed by atoms with Gasteiger partial charge in [0, 0.05) is 25.7 Å². The first-order valence-electron chi connectivity index (χ1n) is 33.4. The van der Waals surface area contributed by atoms with Crippen LogP contribution in [-0.4, -0.2) is 96.7 Å². The Morgan fingerprint density at radius 3 is 0.916 bits per heavy atom. The summed E-state index contributed by atoms with van der Waals surface area (Å²) in [4.78, 5) is 72.1. The van der Waals surface area contributed by atoms with Crippen LogP contribution in [0.25, 0.3) is 0 Å². The summed E-state index contributed by atoms with van der Waals surface area (Å²) >= 11 is 0. The van der Waals surface area contributed by atoms with Gasteiger partial charge in [0.2, 0.25) is 0 Å². The predicted molar refractivity (Wildman–Crippen MR) is 331 cm³/mol. The van der Waals surface area contributed by atoms with E-state index in [0.717, 1.165) is 102 Å². The highest BCUT2D eigenvalue weighted by Crippen LogP contribution is 2.45. The molecule has 0 saturated carbocycles. The summed E-state index contributed by atoms with van der Waals surface area (Å²) in [6.07, 6.45) is 36.3. The summed E-state index contributed by atoms with van der Waals surface area (Å²) in [5, 5.41) is 10.5. The fourth-order valence-corrected chi connectivity index (χ4v) is 11.0. The van der Waals surface area contributed by atoms with Crippen LogP contribution in [0.15, 0.2) is 0 Å². The quantitative estimate of drug-likeness (QED) is 0.0222. The van der Waals surface area contributed by atoms with Gasteiger partial charge in [-0.1, -0.05) is 260 Å². The van der Waals surface area contributed by atoms with Crippen LogP contribution in [0.2, 0.25) is 0 Å². The minimum Gasteiger partial charge on any atom is -0.462 e. The van der Waals surface area contributed by atoms with Gasteiger partial charge in [-0.05, 0) is 43.4 Å². The maximum Gasteiger partial charge on any atom is 0.472 e. The molecule has 0 bridgehead atoms. The third-order valence-corrected chi connectivity index (χ3v) is 16.9. The predicted octanol–water partition coefficient (Wildman–Crippen LogP) is 17.5. The minimum atomic E-state index is -4.95. The molecule has 0 aromatic heterocycles. The zero-order chi connectivity index (χ0) is 61.7. The van der Waals surface area contributed by atoms with E-state index in [2.05, 4.69) is 48.5 Å². The van der Waals surface area contributed by atoms with Crippen LogP contribution < -0.4 is 0 Å². The first kappa shape index (κ1) is 81.1. The number of hydrogen-bond donors (Lipinski definition) is 3. The first-order chi connectivity index (χ1) is 39.8. The zero-order valence-corrected chi connectivity index (χ0v) is 55.4. The molecule has 0 aromatic carbocycles. The second-order valence-corrected chi connectivity index (χ2v) is 27.3. The number of ether oxygens (including phenoxy) is 4. The first-order valence-corrected chi connectivity index (χ1v) is 36.4. The number of hydrogen-bond acceptors (Lipinski definition) is 15. The number of rotatable bonds is 62. The molecule has 3 N–H and O–H groups in total. The van der Waals surface area contributed by atoms with Crippen LogP contribution in [0.4, 0.5) is 0 Å². The van der Waals surface area contributed by atoms with Gasteiger partial charge in [0.15, 0.2) is 12.2 Å². The van der Waals surface area contributed by atoms with Gasteiger partial charge >= 0.3 is 39.5 Å². The molecule has 0 amide bonds. The van der Waals surface area contributed by atoms with E-state index in [1.54, 1.807) is 0 Å². The van der Waals surface area contributed by atoms with Gasteiger partial charge in [0.05, 0.1) is 26.4 Å². The van der Waals surface area contributed by atoms with E-state index in [9.17, 15) is 43.2 Å². The van der Waals surface area contributed by atoms with E-state index in [4.69, 9.17) is 37.0 Å². The zero-order valence-electron chi connectivity index (χ0n) is 53.6. The molecule has 3 unspecified atom stereocenters. The Morgan fingerprint density at radius 1 is 0.349 bits per heavy atom. The average Bonchev–Trinajstić information content (AvgIpc) is 3.45. The minimum absolute atomic E-state index is 0.102. The van der Waals surface area contributed by atoms with Gasteiger partial charge in [-0.25, -0.2) is 9.13 Å². The summed E-state index contributed by atoms with van der Waals surface area (Å²) in [5.74, 6) is 0.0580. The van der Waals surface area contributed by atoms with Gasteiger partial charge in [-0.2, -0.15) is 0 Å². The van der Waals surface area contributed by atoms with E-state index in [-0.39, 0.29) is 25.7 Å². The van der Waals surface area contributed by atoms with Crippen molar-refractivity contribution in [2.45, 2.75) is 330 Å². The van der Waals surface area contributed by atoms with Crippen molar-refractivity contribution >= 4 is 39.5 Å². The number of aliphatic hydroxyl groups excluding tert-OH is 1. The van der Waals surface area contributed by atoms with Crippen LogP contribution in [0.1, 0.15) is 312 Å². The van der Waals surface area contributed by atoms with E-state index in [1.165, 1.54) is 122 Å². The molecular formula is C64H124O17P2. The smallest absolute Gasteiger partial charge is 0.462 e. The summed E-state index contributed by atoms with van der Waals surface area (Å²) in [6.45, 7) is 11.7. The van der Waals surface area contributed by atoms with E-state index in [1.807, 2.05) is 0 Å². The third-order valence-electron chi connectivity index (χ3n) is 15.0. The lowest BCUT2D eigenvalue weighted by atomic mass is 9.99. The van der Waals surface area contributed by atoms with Crippen molar-refractivity contribution < 1.29 is 80.2 Å². The molecule has 17 nitrogen and oxygen atoms in total. The number of carbonyl (C=O) groups excluding carboxylic acids is 4. The van der Waals surface area contributed by atoms with Crippen molar-refractivity contribution in [3.63, 3.8) is 0 Å². The van der Waals surface area contributed by atoms with Gasteiger partial charge in [-0.3, -0.25) is 37.3 Å². The molecule has 492 valence electrons. The Morgan fingerprint density at radius 2 is 0.614 bits per heavy atom. The molecule has 0 fully saturated rings. The van der Waals surface area contributed by atoms with E-state index < -0.39 is 97.5 Å². The Bertz CT molecular complexity index is 1650. The molecule has 0 rings (SSSR count). The number of unbranched alkanes of at least 4 members (excludes halogenated alkanes) is 29. The summed E-state index contributed by atoms with van der Waals surface area (Å²) in [5.41, 5.74) is 0. The molecule has 0 heterocycles. The Balaban J connectivity index is 5.24. The lowest BCUT2D eigenvalue weighted by Crippen LogP contribution is -2.30. The van der Waals surface area contributed by atoms with Gasteiger partial charge in [0.1, 0.15) is 19.3 Å².